The Labute approximate surface area is 162 Å². The Morgan fingerprint density at radius 1 is 1.30 bits per heavy atom. The molecule has 7 heteroatoms. The number of aryl methyl sites for hydroxylation is 1. The molecular weight excluding hydrogens is 366 g/mol. The molecule has 1 aromatic carbocycles. The van der Waals surface area contributed by atoms with Gasteiger partial charge in [0.2, 0.25) is 0 Å². The molecule has 3 aromatic rings. The van der Waals surface area contributed by atoms with E-state index in [-0.39, 0.29) is 23.9 Å². The summed E-state index contributed by atoms with van der Waals surface area (Å²) in [6.45, 7) is 6.39. The Morgan fingerprint density at radius 3 is 2.74 bits per heavy atom. The van der Waals surface area contributed by atoms with E-state index in [4.69, 9.17) is 16.3 Å². The molecule has 0 aliphatic carbocycles. The molecule has 1 atom stereocenters. The molecule has 6 nitrogen and oxygen atoms in total. The van der Waals surface area contributed by atoms with E-state index in [0.29, 0.717) is 28.1 Å². The second-order valence-corrected chi connectivity index (χ2v) is 7.16. The predicted molar refractivity (Wildman–Crippen MR) is 106 cm³/mol. The van der Waals surface area contributed by atoms with Crippen molar-refractivity contribution in [2.75, 3.05) is 13.7 Å². The number of halogens is 1. The molecule has 0 spiro atoms. The van der Waals surface area contributed by atoms with E-state index < -0.39 is 0 Å². The van der Waals surface area contributed by atoms with Gasteiger partial charge in [0.1, 0.15) is 0 Å². The molecule has 0 saturated carbocycles. The van der Waals surface area contributed by atoms with Gasteiger partial charge in [0.25, 0.3) is 5.56 Å². The lowest BCUT2D eigenvalue weighted by atomic mass is 10.1. The summed E-state index contributed by atoms with van der Waals surface area (Å²) in [6.07, 6.45) is 1.41. The fraction of sp³-hybridized carbons (Fsp3) is 0.350. The van der Waals surface area contributed by atoms with Crippen LogP contribution in [0.2, 0.25) is 5.02 Å². The fourth-order valence-electron chi connectivity index (χ4n) is 3.54. The smallest absolute Gasteiger partial charge is 0.261 e. The van der Waals surface area contributed by atoms with Crippen LogP contribution in [0.5, 0.6) is 0 Å². The molecule has 2 heterocycles. The number of Topliss-reactive ketones (excluding diaryl/α,β-unsaturated/α-hetero) is 1. The van der Waals surface area contributed by atoms with Crippen LogP contribution in [-0.2, 0) is 11.3 Å². The molecule has 0 saturated heterocycles. The first-order chi connectivity index (χ1) is 12.8. The molecule has 27 heavy (non-hydrogen) atoms. The second-order valence-electron chi connectivity index (χ2n) is 6.72. The predicted octanol–water partition coefficient (Wildman–Crippen LogP) is 3.56. The van der Waals surface area contributed by atoms with Crippen LogP contribution in [-0.4, -0.2) is 33.6 Å². The second kappa shape index (κ2) is 7.66. The highest BCUT2D eigenvalue weighted by molar-refractivity contribution is 6.31. The molecule has 0 aliphatic rings. The van der Waals surface area contributed by atoms with E-state index in [2.05, 4.69) is 9.55 Å². The van der Waals surface area contributed by atoms with E-state index in [9.17, 15) is 9.59 Å². The zero-order valence-electron chi connectivity index (χ0n) is 15.8. The molecule has 1 unspecified atom stereocenters. The maximum atomic E-state index is 12.9. The van der Waals surface area contributed by atoms with Crippen LogP contribution in [0.25, 0.3) is 10.9 Å². The van der Waals surface area contributed by atoms with E-state index in [1.807, 2.05) is 26.8 Å². The number of nitrogens with zero attached hydrogens (tertiary/aromatic N) is 3. The zero-order valence-corrected chi connectivity index (χ0v) is 16.6. The van der Waals surface area contributed by atoms with Crippen LogP contribution in [0.15, 0.2) is 35.4 Å². The van der Waals surface area contributed by atoms with Gasteiger partial charge in [-0.3, -0.25) is 14.2 Å². The van der Waals surface area contributed by atoms with Crippen LogP contribution in [0.4, 0.5) is 0 Å². The number of methoxy groups -OCH3 is 1. The third-order valence-corrected chi connectivity index (χ3v) is 4.97. The number of fused-ring (bicyclic) bond motifs is 1. The van der Waals surface area contributed by atoms with Crippen LogP contribution < -0.4 is 5.56 Å². The number of hydrogen-bond donors (Lipinski definition) is 0. The number of aromatic nitrogens is 3. The maximum Gasteiger partial charge on any atom is 0.261 e. The lowest BCUT2D eigenvalue weighted by Crippen LogP contribution is -2.25. The van der Waals surface area contributed by atoms with Gasteiger partial charge < -0.3 is 9.30 Å². The molecule has 0 fully saturated rings. The van der Waals surface area contributed by atoms with Crippen LogP contribution in [0, 0.1) is 13.8 Å². The first kappa shape index (κ1) is 19.3. The number of carbonyl (C=O) groups excluding carboxylic acids is 1. The number of ether oxygens (including phenoxy) is 1. The van der Waals surface area contributed by atoms with Crippen molar-refractivity contribution in [1.29, 1.82) is 0 Å². The first-order valence-corrected chi connectivity index (χ1v) is 9.06. The summed E-state index contributed by atoms with van der Waals surface area (Å²) >= 11 is 5.99. The fourth-order valence-corrected chi connectivity index (χ4v) is 3.71. The van der Waals surface area contributed by atoms with E-state index >= 15 is 0 Å². The van der Waals surface area contributed by atoms with Crippen molar-refractivity contribution < 1.29 is 9.53 Å². The Kier molecular flexibility index (Phi) is 5.48. The summed E-state index contributed by atoms with van der Waals surface area (Å²) in [5.74, 6) is -0.135. The number of carbonyl (C=O) groups is 1. The van der Waals surface area contributed by atoms with Crippen molar-refractivity contribution in [1.82, 2.24) is 14.1 Å². The van der Waals surface area contributed by atoms with E-state index in [0.717, 1.165) is 11.4 Å². The van der Waals surface area contributed by atoms with Gasteiger partial charge in [-0.25, -0.2) is 4.98 Å². The van der Waals surface area contributed by atoms with Crippen LogP contribution >= 0.6 is 11.6 Å². The van der Waals surface area contributed by atoms with Gasteiger partial charge in [-0.2, -0.15) is 0 Å². The molecular formula is C20H22ClN3O3. The Morgan fingerprint density at radius 2 is 2.04 bits per heavy atom. The summed E-state index contributed by atoms with van der Waals surface area (Å²) in [5, 5.41) is 0.859. The summed E-state index contributed by atoms with van der Waals surface area (Å²) in [5.41, 5.74) is 2.73. The van der Waals surface area contributed by atoms with Crippen molar-refractivity contribution in [3.8, 4) is 0 Å². The quantitative estimate of drug-likeness (QED) is 0.606. The Hall–Kier alpha value is -2.44. The van der Waals surface area contributed by atoms with Gasteiger partial charge in [-0.05, 0) is 45.0 Å². The third-order valence-electron chi connectivity index (χ3n) is 4.73. The molecule has 0 N–H and O–H groups in total. The summed E-state index contributed by atoms with van der Waals surface area (Å²) in [6, 6.07) is 6.92. The summed E-state index contributed by atoms with van der Waals surface area (Å²) in [7, 11) is 1.65. The number of hydrogen-bond acceptors (Lipinski definition) is 4. The van der Waals surface area contributed by atoms with Crippen molar-refractivity contribution in [3.63, 3.8) is 0 Å². The molecule has 2 aromatic heterocycles. The topological polar surface area (TPSA) is 66.1 Å². The van der Waals surface area contributed by atoms with E-state index in [1.54, 1.807) is 25.3 Å². The summed E-state index contributed by atoms with van der Waals surface area (Å²) < 4.78 is 8.64. The molecule has 0 radical (unpaired) electrons. The minimum absolute atomic E-state index is 0.0722. The van der Waals surface area contributed by atoms with Gasteiger partial charge in [-0.1, -0.05) is 11.6 Å². The van der Waals surface area contributed by atoms with Gasteiger partial charge in [0.15, 0.2) is 5.78 Å². The molecule has 142 valence electrons. The summed E-state index contributed by atoms with van der Waals surface area (Å²) in [4.78, 5) is 29.8. The van der Waals surface area contributed by atoms with Crippen molar-refractivity contribution in [2.45, 2.75) is 33.4 Å². The van der Waals surface area contributed by atoms with Crippen LogP contribution in [0.1, 0.15) is 34.7 Å². The zero-order chi connectivity index (χ0) is 19.7. The van der Waals surface area contributed by atoms with Crippen molar-refractivity contribution >= 4 is 28.3 Å². The highest BCUT2D eigenvalue weighted by Crippen LogP contribution is 2.21. The minimum atomic E-state index is -0.280. The SMILES string of the molecule is COCC(C)n1c(C)cc(C(=O)Cn2cnc3ccc(Cl)cc3c2=O)c1C. The minimum Gasteiger partial charge on any atom is -0.383 e. The van der Waals surface area contributed by atoms with Crippen molar-refractivity contribution in [3.05, 3.63) is 62.9 Å². The highest BCUT2D eigenvalue weighted by Gasteiger charge is 2.19. The average Bonchev–Trinajstić information content (AvgIpc) is 2.92. The third kappa shape index (κ3) is 3.68. The van der Waals surface area contributed by atoms with Gasteiger partial charge in [0, 0.05) is 29.1 Å². The Balaban J connectivity index is 1.95. The monoisotopic (exact) mass is 387 g/mol. The molecule has 0 aliphatic heterocycles. The Bertz CT molecular complexity index is 1070. The average molecular weight is 388 g/mol. The van der Waals surface area contributed by atoms with Gasteiger partial charge in [0.05, 0.1) is 36.4 Å². The molecule has 3 rings (SSSR count). The lowest BCUT2D eigenvalue weighted by Gasteiger charge is -2.17. The normalized spacial score (nSPS) is 12.5. The van der Waals surface area contributed by atoms with Gasteiger partial charge in [-0.15, -0.1) is 0 Å². The maximum absolute atomic E-state index is 12.9. The molecule has 0 bridgehead atoms. The lowest BCUT2D eigenvalue weighted by molar-refractivity contribution is 0.0969. The van der Waals surface area contributed by atoms with Gasteiger partial charge >= 0.3 is 0 Å². The highest BCUT2D eigenvalue weighted by atomic mass is 35.5. The standard InChI is InChI=1S/C20H22ClN3O3/c1-12-7-16(14(3)24(12)13(2)10-27-4)19(25)9-23-11-22-18-6-5-15(21)8-17(18)20(23)26/h5-8,11,13H,9-10H2,1-4H3. The first-order valence-electron chi connectivity index (χ1n) is 8.68. The number of benzene rings is 1. The largest absolute Gasteiger partial charge is 0.383 e. The number of rotatable bonds is 6. The van der Waals surface area contributed by atoms with E-state index in [1.165, 1.54) is 10.9 Å². The van der Waals surface area contributed by atoms with Crippen molar-refractivity contribution in [2.24, 2.45) is 0 Å². The molecule has 0 amide bonds. The van der Waals surface area contributed by atoms with Crippen LogP contribution in [0.3, 0.4) is 0 Å². The number of ketones is 1.